The fraction of sp³-hybridized carbons (Fsp3) is 0.154. The van der Waals surface area contributed by atoms with Crippen LogP contribution in [-0.4, -0.2) is 45.8 Å². The highest BCUT2D eigenvalue weighted by Crippen LogP contribution is 2.29. The van der Waals surface area contributed by atoms with E-state index in [9.17, 15) is 9.59 Å². The van der Waals surface area contributed by atoms with Crippen molar-refractivity contribution in [3.63, 3.8) is 0 Å². The van der Waals surface area contributed by atoms with Crippen LogP contribution >= 0.6 is 11.9 Å². The van der Waals surface area contributed by atoms with E-state index in [2.05, 4.69) is 20.0 Å². The van der Waals surface area contributed by atoms with Crippen molar-refractivity contribution < 1.29 is 9.59 Å². The number of para-hydroxylation sites is 1. The van der Waals surface area contributed by atoms with E-state index in [1.54, 1.807) is 35.5 Å². The summed E-state index contributed by atoms with van der Waals surface area (Å²) in [5.41, 5.74) is 3.89. The molecule has 0 unspecified atom stereocenters. The minimum absolute atomic E-state index is 0.0381. The third-order valence-electron chi connectivity index (χ3n) is 5.74. The molecular weight excluding hydrogens is 446 g/mol. The molecule has 0 aliphatic carbocycles. The van der Waals surface area contributed by atoms with Crippen molar-refractivity contribution in [2.24, 2.45) is 0 Å². The van der Waals surface area contributed by atoms with Crippen LogP contribution in [0.5, 0.6) is 0 Å². The number of amides is 2. The Hall–Kier alpha value is -3.91. The number of aromatic nitrogens is 2. The third-order valence-corrected chi connectivity index (χ3v) is 6.61. The Morgan fingerprint density at radius 1 is 0.971 bits per heavy atom. The van der Waals surface area contributed by atoms with Crippen LogP contribution in [-0.2, 0) is 0 Å². The van der Waals surface area contributed by atoms with Crippen molar-refractivity contribution in [3.8, 4) is 0 Å². The number of benzene rings is 2. The fourth-order valence-corrected chi connectivity index (χ4v) is 4.72. The average molecular weight is 470 g/mol. The second-order valence-corrected chi connectivity index (χ2v) is 9.01. The van der Waals surface area contributed by atoms with Gasteiger partial charge in [0, 0.05) is 42.1 Å². The first-order valence-corrected chi connectivity index (χ1v) is 11.8. The van der Waals surface area contributed by atoms with Gasteiger partial charge < -0.3 is 14.9 Å². The molecule has 34 heavy (non-hydrogen) atoms. The maximum absolute atomic E-state index is 12.9. The summed E-state index contributed by atoms with van der Waals surface area (Å²) in [6.45, 7) is 2.95. The summed E-state index contributed by atoms with van der Waals surface area (Å²) in [5, 5.41) is 4.01. The number of nitrogens with zero attached hydrogens (tertiary/aromatic N) is 3. The van der Waals surface area contributed by atoms with Gasteiger partial charge >= 0.3 is 0 Å². The zero-order chi connectivity index (χ0) is 23.5. The number of likely N-dealkylation sites (tertiary alicyclic amines) is 1. The van der Waals surface area contributed by atoms with Gasteiger partial charge in [0.05, 0.1) is 16.5 Å². The first-order chi connectivity index (χ1) is 16.6. The van der Waals surface area contributed by atoms with Gasteiger partial charge in [-0.1, -0.05) is 24.3 Å². The molecule has 1 aliphatic rings. The Kier molecular flexibility index (Phi) is 6.14. The van der Waals surface area contributed by atoms with E-state index < -0.39 is 0 Å². The van der Waals surface area contributed by atoms with E-state index in [1.165, 1.54) is 11.9 Å². The Morgan fingerprint density at radius 3 is 2.59 bits per heavy atom. The molecule has 4 aromatic rings. The Labute approximate surface area is 201 Å². The van der Waals surface area contributed by atoms with Crippen LogP contribution in [0.1, 0.15) is 26.4 Å². The molecule has 1 fully saturated rings. The number of fused-ring (bicyclic) bond motifs is 1. The maximum atomic E-state index is 12.9. The quantitative estimate of drug-likeness (QED) is 0.409. The smallest absolute Gasteiger partial charge is 0.270 e. The second-order valence-electron chi connectivity index (χ2n) is 8.16. The maximum Gasteiger partial charge on any atom is 0.270 e. The van der Waals surface area contributed by atoms with Crippen LogP contribution < -0.4 is 10.0 Å². The number of rotatable bonds is 6. The van der Waals surface area contributed by atoms with Crippen LogP contribution in [0, 0.1) is 6.92 Å². The summed E-state index contributed by atoms with van der Waals surface area (Å²) >= 11 is 1.50. The Bertz CT molecular complexity index is 1350. The standard InChI is InChI=1S/C26H23N5O2S/c1-17-14-19(26(33)31-15-20(16-31)29-25(32)22-8-2-3-12-27-22)10-11-21(17)30-34-23-9-4-6-18-7-5-13-28-24(18)23/h2-14,20,30H,15-16H2,1H3,(H,29,32). The molecule has 2 aromatic heterocycles. The van der Waals surface area contributed by atoms with Crippen molar-refractivity contribution in [1.82, 2.24) is 20.2 Å². The minimum Gasteiger partial charge on any atom is -0.344 e. The number of carbonyl (C=O) groups excluding carboxylic acids is 2. The predicted molar refractivity (Wildman–Crippen MR) is 134 cm³/mol. The molecular formula is C26H23N5O2S. The number of carbonyl (C=O) groups is 2. The fourth-order valence-electron chi connectivity index (χ4n) is 3.85. The molecule has 1 saturated heterocycles. The molecule has 7 nitrogen and oxygen atoms in total. The molecule has 5 rings (SSSR count). The highest BCUT2D eigenvalue weighted by Gasteiger charge is 2.32. The molecule has 8 heteroatoms. The number of pyridine rings is 2. The van der Waals surface area contributed by atoms with E-state index in [0.29, 0.717) is 24.3 Å². The zero-order valence-electron chi connectivity index (χ0n) is 18.6. The summed E-state index contributed by atoms with van der Waals surface area (Å²) in [6.07, 6.45) is 3.38. The molecule has 0 saturated carbocycles. The lowest BCUT2D eigenvalue weighted by Crippen LogP contribution is -2.61. The molecule has 2 aromatic carbocycles. The average Bonchev–Trinajstić information content (AvgIpc) is 2.85. The SMILES string of the molecule is Cc1cc(C(=O)N2CC(NC(=O)c3ccccn3)C2)ccc1NSc1cccc2cccnc12. The van der Waals surface area contributed by atoms with Crippen LogP contribution in [0.2, 0.25) is 0 Å². The van der Waals surface area contributed by atoms with Gasteiger partial charge in [0.15, 0.2) is 0 Å². The first-order valence-electron chi connectivity index (χ1n) is 11.0. The van der Waals surface area contributed by atoms with E-state index in [4.69, 9.17) is 0 Å². The van der Waals surface area contributed by atoms with Gasteiger partial charge in [-0.25, -0.2) is 0 Å². The van der Waals surface area contributed by atoms with Gasteiger partial charge in [0.2, 0.25) is 0 Å². The van der Waals surface area contributed by atoms with Crippen molar-refractivity contribution >= 4 is 40.4 Å². The molecule has 170 valence electrons. The summed E-state index contributed by atoms with van der Waals surface area (Å²) in [5.74, 6) is -0.258. The topological polar surface area (TPSA) is 87.2 Å². The largest absolute Gasteiger partial charge is 0.344 e. The van der Waals surface area contributed by atoms with E-state index >= 15 is 0 Å². The van der Waals surface area contributed by atoms with Gasteiger partial charge in [-0.05, 0) is 66.9 Å². The highest BCUT2D eigenvalue weighted by molar-refractivity contribution is 8.00. The molecule has 0 bridgehead atoms. The number of hydrogen-bond acceptors (Lipinski definition) is 6. The van der Waals surface area contributed by atoms with Crippen molar-refractivity contribution in [1.29, 1.82) is 0 Å². The summed E-state index contributed by atoms with van der Waals surface area (Å²) < 4.78 is 3.39. The van der Waals surface area contributed by atoms with Crippen molar-refractivity contribution in [2.75, 3.05) is 17.8 Å². The van der Waals surface area contributed by atoms with Crippen LogP contribution in [0.3, 0.4) is 0 Å². The van der Waals surface area contributed by atoms with Crippen LogP contribution in [0.4, 0.5) is 5.69 Å². The number of anilines is 1. The zero-order valence-corrected chi connectivity index (χ0v) is 19.4. The summed E-state index contributed by atoms with van der Waals surface area (Å²) in [7, 11) is 0. The monoisotopic (exact) mass is 469 g/mol. The van der Waals surface area contributed by atoms with Crippen LogP contribution in [0.15, 0.2) is 84.0 Å². The summed E-state index contributed by atoms with van der Waals surface area (Å²) in [4.78, 5) is 36.4. The van der Waals surface area contributed by atoms with Crippen molar-refractivity contribution in [3.05, 3.63) is 95.9 Å². The minimum atomic E-state index is -0.220. The number of aryl methyl sites for hydroxylation is 1. The van der Waals surface area contributed by atoms with E-state index in [-0.39, 0.29) is 17.9 Å². The lowest BCUT2D eigenvalue weighted by atomic mass is 10.0. The molecule has 2 amide bonds. The molecule has 1 aliphatic heterocycles. The number of nitrogens with one attached hydrogen (secondary N) is 2. The first kappa shape index (κ1) is 21.9. The molecule has 3 heterocycles. The van der Waals surface area contributed by atoms with Gasteiger partial charge in [-0.15, -0.1) is 0 Å². The predicted octanol–water partition coefficient (Wildman–Crippen LogP) is 4.31. The van der Waals surface area contributed by atoms with E-state index in [1.807, 2.05) is 55.5 Å². The molecule has 0 atom stereocenters. The molecule has 0 radical (unpaired) electrons. The van der Waals surface area contributed by atoms with E-state index in [0.717, 1.165) is 27.0 Å². The van der Waals surface area contributed by atoms with Gasteiger partial charge in [0.25, 0.3) is 11.8 Å². The van der Waals surface area contributed by atoms with Crippen LogP contribution in [0.25, 0.3) is 10.9 Å². The highest BCUT2D eigenvalue weighted by atomic mass is 32.2. The van der Waals surface area contributed by atoms with Gasteiger partial charge in [-0.2, -0.15) is 0 Å². The second kappa shape index (κ2) is 9.52. The van der Waals surface area contributed by atoms with Gasteiger partial charge in [-0.3, -0.25) is 19.6 Å². The van der Waals surface area contributed by atoms with Crippen molar-refractivity contribution in [2.45, 2.75) is 17.9 Å². The lowest BCUT2D eigenvalue weighted by Gasteiger charge is -2.39. The molecule has 2 N–H and O–H groups in total. The number of hydrogen-bond donors (Lipinski definition) is 2. The Balaban J connectivity index is 1.18. The summed E-state index contributed by atoms with van der Waals surface area (Å²) in [6, 6.07) is 20.9. The lowest BCUT2D eigenvalue weighted by molar-refractivity contribution is 0.0542. The molecule has 0 spiro atoms. The third kappa shape index (κ3) is 4.58. The Morgan fingerprint density at radius 2 is 1.79 bits per heavy atom. The normalized spacial score (nSPS) is 13.4. The van der Waals surface area contributed by atoms with Gasteiger partial charge in [0.1, 0.15) is 5.69 Å².